The average molecular weight is 307 g/mol. The van der Waals surface area contributed by atoms with Gasteiger partial charge in [-0.3, -0.25) is 9.59 Å². The largest absolute Gasteiger partial charge is 0.368 e. The van der Waals surface area contributed by atoms with E-state index in [4.69, 9.17) is 4.84 Å². The molecule has 0 radical (unpaired) electrons. The van der Waals surface area contributed by atoms with Gasteiger partial charge in [0.15, 0.2) is 5.76 Å². The topological polar surface area (TPSA) is 46.6 Å². The Balaban J connectivity index is 1.90. The number of imide groups is 1. The normalized spacial score (nSPS) is 14.1. The highest BCUT2D eigenvalue weighted by Gasteiger charge is 2.37. The van der Waals surface area contributed by atoms with Crippen molar-refractivity contribution in [1.29, 1.82) is 0 Å². The standard InChI is InChI=1S/C19H17NO3/c1-2-3-13-17(14-9-5-4-6-10-14)23-20-18(21)15-11-7-8-12-16(15)19(20)22/h4-13H,2-3H2,1H3/b17-13-. The number of hydrogen-bond acceptors (Lipinski definition) is 3. The Bertz CT molecular complexity index is 730. The SMILES string of the molecule is CCC/C=C(\ON1C(=O)c2ccccc2C1=O)c1ccccc1. The first-order valence-electron chi connectivity index (χ1n) is 7.63. The van der Waals surface area contributed by atoms with E-state index >= 15 is 0 Å². The minimum Gasteiger partial charge on any atom is -0.368 e. The summed E-state index contributed by atoms with van der Waals surface area (Å²) in [6.07, 6.45) is 3.65. The molecule has 1 heterocycles. The van der Waals surface area contributed by atoms with E-state index in [1.165, 1.54) is 0 Å². The number of amides is 2. The van der Waals surface area contributed by atoms with Crippen molar-refractivity contribution in [2.75, 3.05) is 0 Å². The van der Waals surface area contributed by atoms with Crippen molar-refractivity contribution in [3.05, 3.63) is 77.4 Å². The zero-order valence-corrected chi connectivity index (χ0v) is 12.9. The summed E-state index contributed by atoms with van der Waals surface area (Å²) in [5, 5.41) is 0.846. The van der Waals surface area contributed by atoms with Crippen molar-refractivity contribution in [1.82, 2.24) is 5.06 Å². The molecule has 2 aromatic carbocycles. The molecule has 0 saturated carbocycles. The van der Waals surface area contributed by atoms with Crippen molar-refractivity contribution in [3.8, 4) is 0 Å². The number of carbonyl (C=O) groups excluding carboxylic acids is 2. The zero-order valence-electron chi connectivity index (χ0n) is 12.9. The van der Waals surface area contributed by atoms with E-state index in [-0.39, 0.29) is 0 Å². The number of carbonyl (C=O) groups is 2. The third-order valence-electron chi connectivity index (χ3n) is 3.62. The number of benzene rings is 2. The predicted molar refractivity (Wildman–Crippen MR) is 87.4 cm³/mol. The number of nitrogens with zero attached hydrogens (tertiary/aromatic N) is 1. The maximum atomic E-state index is 12.4. The molecule has 0 aliphatic carbocycles. The summed E-state index contributed by atoms with van der Waals surface area (Å²) in [4.78, 5) is 30.5. The Labute approximate surface area is 134 Å². The fourth-order valence-corrected chi connectivity index (χ4v) is 2.43. The highest BCUT2D eigenvalue weighted by Crippen LogP contribution is 2.27. The summed E-state index contributed by atoms with van der Waals surface area (Å²) in [5.74, 6) is -0.338. The maximum absolute atomic E-state index is 12.4. The number of allylic oxidation sites excluding steroid dienone is 1. The Morgan fingerprint density at radius 1 is 0.957 bits per heavy atom. The first-order valence-corrected chi connectivity index (χ1v) is 7.63. The molecular weight excluding hydrogens is 290 g/mol. The molecule has 116 valence electrons. The van der Waals surface area contributed by atoms with E-state index < -0.39 is 11.8 Å². The van der Waals surface area contributed by atoms with Crippen LogP contribution in [0.2, 0.25) is 0 Å². The van der Waals surface area contributed by atoms with Crippen molar-refractivity contribution in [2.45, 2.75) is 19.8 Å². The van der Waals surface area contributed by atoms with Gasteiger partial charge in [0, 0.05) is 5.56 Å². The van der Waals surface area contributed by atoms with Crippen LogP contribution in [0.1, 0.15) is 46.0 Å². The second-order valence-electron chi connectivity index (χ2n) is 5.26. The summed E-state index contributed by atoms with van der Waals surface area (Å²) in [5.41, 5.74) is 1.58. The van der Waals surface area contributed by atoms with Gasteiger partial charge in [-0.05, 0) is 24.6 Å². The third kappa shape index (κ3) is 2.88. The smallest absolute Gasteiger partial charge is 0.295 e. The van der Waals surface area contributed by atoms with Crippen molar-refractivity contribution < 1.29 is 14.4 Å². The Morgan fingerprint density at radius 2 is 1.52 bits per heavy atom. The van der Waals surface area contributed by atoms with Crippen LogP contribution in [0.25, 0.3) is 5.76 Å². The number of hydrogen-bond donors (Lipinski definition) is 0. The Morgan fingerprint density at radius 3 is 2.09 bits per heavy atom. The monoisotopic (exact) mass is 307 g/mol. The van der Waals surface area contributed by atoms with E-state index in [2.05, 4.69) is 6.92 Å². The molecule has 0 aromatic heterocycles. The van der Waals surface area contributed by atoms with E-state index in [0.717, 1.165) is 23.5 Å². The molecular formula is C19H17NO3. The molecule has 4 nitrogen and oxygen atoms in total. The molecule has 3 rings (SSSR count). The van der Waals surface area contributed by atoms with Crippen LogP contribution in [0.5, 0.6) is 0 Å². The van der Waals surface area contributed by atoms with E-state index in [0.29, 0.717) is 16.9 Å². The van der Waals surface area contributed by atoms with Gasteiger partial charge in [0.1, 0.15) is 0 Å². The van der Waals surface area contributed by atoms with Gasteiger partial charge in [0.05, 0.1) is 11.1 Å². The number of rotatable bonds is 5. The average Bonchev–Trinajstić information content (AvgIpc) is 2.84. The summed E-state index contributed by atoms with van der Waals surface area (Å²) in [6.45, 7) is 2.06. The number of unbranched alkanes of at least 4 members (excludes halogenated alkanes) is 1. The lowest BCUT2D eigenvalue weighted by Gasteiger charge is -2.17. The molecule has 0 unspecified atom stereocenters. The van der Waals surface area contributed by atoms with Gasteiger partial charge in [-0.25, -0.2) is 0 Å². The second kappa shape index (κ2) is 6.48. The van der Waals surface area contributed by atoms with Gasteiger partial charge >= 0.3 is 0 Å². The summed E-state index contributed by atoms with van der Waals surface area (Å²) in [6, 6.07) is 16.2. The second-order valence-corrected chi connectivity index (χ2v) is 5.26. The lowest BCUT2D eigenvalue weighted by molar-refractivity contribution is -0.0319. The molecule has 4 heteroatoms. The van der Waals surface area contributed by atoms with Crippen LogP contribution in [0.3, 0.4) is 0 Å². The highest BCUT2D eigenvalue weighted by molar-refractivity contribution is 6.20. The third-order valence-corrected chi connectivity index (χ3v) is 3.62. The van der Waals surface area contributed by atoms with Gasteiger partial charge in [-0.15, -0.1) is 0 Å². The summed E-state index contributed by atoms with van der Waals surface area (Å²) >= 11 is 0. The van der Waals surface area contributed by atoms with Crippen molar-refractivity contribution in [3.63, 3.8) is 0 Å². The molecule has 2 aromatic rings. The van der Waals surface area contributed by atoms with E-state index in [9.17, 15) is 9.59 Å². The zero-order chi connectivity index (χ0) is 16.2. The fourth-order valence-electron chi connectivity index (χ4n) is 2.43. The number of fused-ring (bicyclic) bond motifs is 1. The van der Waals surface area contributed by atoms with Crippen LogP contribution in [0.4, 0.5) is 0 Å². The minimum absolute atomic E-state index is 0.375. The molecule has 23 heavy (non-hydrogen) atoms. The minimum atomic E-state index is -0.427. The van der Waals surface area contributed by atoms with Crippen LogP contribution in [0, 0.1) is 0 Å². The number of hydroxylamine groups is 2. The molecule has 0 fully saturated rings. The summed E-state index contributed by atoms with van der Waals surface area (Å²) in [7, 11) is 0. The van der Waals surface area contributed by atoms with Crippen LogP contribution in [-0.2, 0) is 4.84 Å². The first-order chi connectivity index (χ1) is 11.2. The molecule has 0 atom stereocenters. The Hall–Kier alpha value is -2.88. The van der Waals surface area contributed by atoms with Gasteiger partial charge < -0.3 is 4.84 Å². The van der Waals surface area contributed by atoms with Crippen LogP contribution >= 0.6 is 0 Å². The quantitative estimate of drug-likeness (QED) is 0.618. The Kier molecular flexibility index (Phi) is 4.24. The molecule has 0 saturated heterocycles. The van der Waals surface area contributed by atoms with Crippen LogP contribution in [-0.4, -0.2) is 16.9 Å². The molecule has 0 N–H and O–H groups in total. The maximum Gasteiger partial charge on any atom is 0.295 e. The van der Waals surface area contributed by atoms with Crippen molar-refractivity contribution >= 4 is 17.6 Å². The van der Waals surface area contributed by atoms with Gasteiger partial charge in [0.2, 0.25) is 0 Å². The van der Waals surface area contributed by atoms with Crippen LogP contribution in [0.15, 0.2) is 60.7 Å². The molecule has 2 amide bonds. The van der Waals surface area contributed by atoms with Gasteiger partial charge in [0.25, 0.3) is 11.8 Å². The first kappa shape index (κ1) is 15.0. The van der Waals surface area contributed by atoms with Crippen molar-refractivity contribution in [2.24, 2.45) is 0 Å². The lowest BCUT2D eigenvalue weighted by Crippen LogP contribution is -2.29. The van der Waals surface area contributed by atoms with Gasteiger partial charge in [-0.2, -0.15) is 0 Å². The molecule has 1 aliphatic heterocycles. The van der Waals surface area contributed by atoms with E-state index in [1.807, 2.05) is 36.4 Å². The molecule has 0 bridgehead atoms. The highest BCUT2D eigenvalue weighted by atomic mass is 16.7. The molecule has 1 aliphatic rings. The predicted octanol–water partition coefficient (Wildman–Crippen LogP) is 4.06. The van der Waals surface area contributed by atoms with Crippen LogP contribution < -0.4 is 0 Å². The van der Waals surface area contributed by atoms with E-state index in [1.54, 1.807) is 24.3 Å². The van der Waals surface area contributed by atoms with Gasteiger partial charge in [-0.1, -0.05) is 60.9 Å². The molecule has 0 spiro atoms. The summed E-state index contributed by atoms with van der Waals surface area (Å²) < 4.78 is 0. The fraction of sp³-hybridized carbons (Fsp3) is 0.158. The lowest BCUT2D eigenvalue weighted by atomic mass is 10.1.